The van der Waals surface area contributed by atoms with E-state index in [1.807, 2.05) is 62.1 Å². The lowest BCUT2D eigenvalue weighted by Crippen LogP contribution is -2.52. The predicted octanol–water partition coefficient (Wildman–Crippen LogP) is 3.08. The Bertz CT molecular complexity index is 862. The molecule has 5 heteroatoms. The highest BCUT2D eigenvalue weighted by atomic mass is 16.4. The van der Waals surface area contributed by atoms with Crippen LogP contribution >= 0.6 is 0 Å². The van der Waals surface area contributed by atoms with Gasteiger partial charge in [-0.1, -0.05) is 48.0 Å². The minimum absolute atomic E-state index is 0.0284. The standard InChI is InChI=1S/C22H26N2O3/c1-15-6-4-8-18(12-15)13-23-10-11-24(14-20(23)25)21(22(26)27)19-9-5-7-16(2)17(19)3/h4-9,12,21H,10-11,13-14H2,1-3H3,(H,26,27). The molecule has 1 amide bonds. The predicted molar refractivity (Wildman–Crippen MR) is 104 cm³/mol. The lowest BCUT2D eigenvalue weighted by molar-refractivity contribution is -0.148. The van der Waals surface area contributed by atoms with Gasteiger partial charge in [0.1, 0.15) is 6.04 Å². The van der Waals surface area contributed by atoms with E-state index in [0.717, 1.165) is 22.3 Å². The van der Waals surface area contributed by atoms with Crippen molar-refractivity contribution in [3.63, 3.8) is 0 Å². The second kappa shape index (κ2) is 7.92. The summed E-state index contributed by atoms with van der Waals surface area (Å²) in [6, 6.07) is 13.0. The molecule has 1 aliphatic rings. The summed E-state index contributed by atoms with van der Waals surface area (Å²) >= 11 is 0. The van der Waals surface area contributed by atoms with Crippen LogP contribution in [0.3, 0.4) is 0 Å². The molecule has 3 rings (SSSR count). The van der Waals surface area contributed by atoms with E-state index >= 15 is 0 Å². The van der Waals surface area contributed by atoms with Crippen molar-refractivity contribution in [1.29, 1.82) is 0 Å². The minimum Gasteiger partial charge on any atom is -0.480 e. The fraction of sp³-hybridized carbons (Fsp3) is 0.364. The SMILES string of the molecule is Cc1cccc(CN2CCN(C(C(=O)O)c3cccc(C)c3C)CC2=O)c1. The summed E-state index contributed by atoms with van der Waals surface area (Å²) in [5.74, 6) is -0.942. The van der Waals surface area contributed by atoms with Crippen LogP contribution in [0.5, 0.6) is 0 Å². The highest BCUT2D eigenvalue weighted by molar-refractivity contribution is 5.82. The molecule has 142 valence electrons. The number of carboxylic acid groups (broad SMARTS) is 1. The molecule has 1 saturated heterocycles. The number of carbonyl (C=O) groups excluding carboxylic acids is 1. The molecule has 0 saturated carbocycles. The summed E-state index contributed by atoms with van der Waals surface area (Å²) < 4.78 is 0. The number of nitrogens with zero attached hydrogens (tertiary/aromatic N) is 2. The second-order valence-electron chi connectivity index (χ2n) is 7.30. The first-order chi connectivity index (χ1) is 12.9. The van der Waals surface area contributed by atoms with E-state index in [4.69, 9.17) is 0 Å². The Morgan fingerprint density at radius 1 is 1.11 bits per heavy atom. The van der Waals surface area contributed by atoms with E-state index in [2.05, 4.69) is 6.07 Å². The topological polar surface area (TPSA) is 60.9 Å². The molecular formula is C22H26N2O3. The van der Waals surface area contributed by atoms with Crippen molar-refractivity contribution in [3.05, 3.63) is 70.3 Å². The summed E-state index contributed by atoms with van der Waals surface area (Å²) in [5, 5.41) is 9.85. The fourth-order valence-corrected chi connectivity index (χ4v) is 3.70. The van der Waals surface area contributed by atoms with Crippen LogP contribution in [0.25, 0.3) is 0 Å². The van der Waals surface area contributed by atoms with Gasteiger partial charge in [0.05, 0.1) is 6.54 Å². The number of amides is 1. The molecule has 0 aliphatic carbocycles. The van der Waals surface area contributed by atoms with Crippen molar-refractivity contribution < 1.29 is 14.7 Å². The molecule has 1 heterocycles. The Balaban J connectivity index is 1.76. The summed E-state index contributed by atoms with van der Waals surface area (Å²) in [4.78, 5) is 28.3. The van der Waals surface area contributed by atoms with Gasteiger partial charge in [0.15, 0.2) is 0 Å². The second-order valence-corrected chi connectivity index (χ2v) is 7.30. The maximum Gasteiger partial charge on any atom is 0.325 e. The van der Waals surface area contributed by atoms with Crippen LogP contribution in [0, 0.1) is 20.8 Å². The zero-order valence-corrected chi connectivity index (χ0v) is 16.1. The van der Waals surface area contributed by atoms with E-state index in [1.165, 1.54) is 5.56 Å². The summed E-state index contributed by atoms with van der Waals surface area (Å²) in [6.07, 6.45) is 0. The largest absolute Gasteiger partial charge is 0.480 e. The van der Waals surface area contributed by atoms with Gasteiger partial charge in [-0.2, -0.15) is 0 Å². The Morgan fingerprint density at radius 2 is 1.85 bits per heavy atom. The molecule has 1 aliphatic heterocycles. The van der Waals surface area contributed by atoms with Gasteiger partial charge >= 0.3 is 5.97 Å². The third-order valence-corrected chi connectivity index (χ3v) is 5.34. The zero-order valence-electron chi connectivity index (χ0n) is 16.1. The number of benzene rings is 2. The molecule has 2 aromatic rings. The Kier molecular flexibility index (Phi) is 5.61. The smallest absolute Gasteiger partial charge is 0.325 e. The average Bonchev–Trinajstić information content (AvgIpc) is 2.61. The first-order valence-corrected chi connectivity index (χ1v) is 9.23. The van der Waals surface area contributed by atoms with Crippen LogP contribution in [0.2, 0.25) is 0 Å². The molecule has 0 radical (unpaired) electrons. The quantitative estimate of drug-likeness (QED) is 0.883. The monoisotopic (exact) mass is 366 g/mol. The van der Waals surface area contributed by atoms with Gasteiger partial charge < -0.3 is 10.0 Å². The van der Waals surface area contributed by atoms with Crippen LogP contribution in [-0.4, -0.2) is 46.4 Å². The lowest BCUT2D eigenvalue weighted by atomic mass is 9.96. The maximum absolute atomic E-state index is 12.7. The van der Waals surface area contributed by atoms with Crippen molar-refractivity contribution in [1.82, 2.24) is 9.80 Å². The number of hydrogen-bond donors (Lipinski definition) is 1. The van der Waals surface area contributed by atoms with Crippen molar-refractivity contribution in [2.45, 2.75) is 33.4 Å². The Labute approximate surface area is 160 Å². The Morgan fingerprint density at radius 3 is 2.52 bits per heavy atom. The van der Waals surface area contributed by atoms with E-state index in [0.29, 0.717) is 19.6 Å². The molecule has 1 fully saturated rings. The Hall–Kier alpha value is -2.66. The summed E-state index contributed by atoms with van der Waals surface area (Å²) in [6.45, 7) is 7.71. The molecule has 0 aromatic heterocycles. The first kappa shape index (κ1) is 19.1. The molecule has 5 nitrogen and oxygen atoms in total. The number of aryl methyl sites for hydroxylation is 2. The summed E-state index contributed by atoms with van der Waals surface area (Å²) in [7, 11) is 0. The lowest BCUT2D eigenvalue weighted by Gasteiger charge is -2.38. The van der Waals surface area contributed by atoms with Crippen LogP contribution < -0.4 is 0 Å². The number of rotatable bonds is 5. The van der Waals surface area contributed by atoms with Gasteiger partial charge in [0, 0.05) is 19.6 Å². The molecule has 1 atom stereocenters. The molecule has 1 unspecified atom stereocenters. The third-order valence-electron chi connectivity index (χ3n) is 5.34. The van der Waals surface area contributed by atoms with Gasteiger partial charge in [0.25, 0.3) is 0 Å². The van der Waals surface area contributed by atoms with E-state index in [9.17, 15) is 14.7 Å². The first-order valence-electron chi connectivity index (χ1n) is 9.23. The van der Waals surface area contributed by atoms with Gasteiger partial charge in [-0.3, -0.25) is 14.5 Å². The normalized spacial score (nSPS) is 16.4. The van der Waals surface area contributed by atoms with Gasteiger partial charge in [-0.15, -0.1) is 0 Å². The third kappa shape index (κ3) is 4.19. The number of carbonyl (C=O) groups is 2. The van der Waals surface area contributed by atoms with Crippen molar-refractivity contribution >= 4 is 11.9 Å². The minimum atomic E-state index is -0.913. The molecule has 1 N–H and O–H groups in total. The summed E-state index contributed by atoms with van der Waals surface area (Å²) in [5.41, 5.74) is 5.06. The van der Waals surface area contributed by atoms with Crippen LogP contribution in [0.15, 0.2) is 42.5 Å². The van der Waals surface area contributed by atoms with Crippen molar-refractivity contribution in [2.24, 2.45) is 0 Å². The van der Waals surface area contributed by atoms with Gasteiger partial charge in [0.2, 0.25) is 5.91 Å². The molecule has 0 bridgehead atoms. The number of piperazine rings is 1. The van der Waals surface area contributed by atoms with Crippen LogP contribution in [0.4, 0.5) is 0 Å². The molecule has 2 aromatic carbocycles. The van der Waals surface area contributed by atoms with E-state index in [1.54, 1.807) is 4.90 Å². The number of hydrogen-bond acceptors (Lipinski definition) is 3. The fourth-order valence-electron chi connectivity index (χ4n) is 3.70. The average molecular weight is 366 g/mol. The molecule has 27 heavy (non-hydrogen) atoms. The number of aliphatic carboxylic acids is 1. The number of carboxylic acids is 1. The van der Waals surface area contributed by atoms with E-state index in [-0.39, 0.29) is 12.5 Å². The van der Waals surface area contributed by atoms with Gasteiger partial charge in [-0.05, 0) is 43.0 Å². The van der Waals surface area contributed by atoms with E-state index < -0.39 is 12.0 Å². The highest BCUT2D eigenvalue weighted by Gasteiger charge is 2.34. The molecule has 0 spiro atoms. The molecular weight excluding hydrogens is 340 g/mol. The maximum atomic E-state index is 12.7. The van der Waals surface area contributed by atoms with Crippen LogP contribution in [0.1, 0.15) is 33.9 Å². The van der Waals surface area contributed by atoms with Crippen molar-refractivity contribution in [2.75, 3.05) is 19.6 Å². The van der Waals surface area contributed by atoms with Gasteiger partial charge in [-0.25, -0.2) is 0 Å². The van der Waals surface area contributed by atoms with Crippen LogP contribution in [-0.2, 0) is 16.1 Å². The van der Waals surface area contributed by atoms with Crippen molar-refractivity contribution in [3.8, 4) is 0 Å². The zero-order chi connectivity index (χ0) is 19.6. The highest BCUT2D eigenvalue weighted by Crippen LogP contribution is 2.27.